The van der Waals surface area contributed by atoms with Crippen molar-refractivity contribution < 1.29 is 70.5 Å². The minimum atomic E-state index is -3.86. The largest absolute Gasteiger partial charge is 1.00 e. The maximum atomic E-state index is 10.3. The SMILES string of the molecule is O=S(=O)(O)CCCOc1ccccc1.[H-].[K+]. The first-order valence-corrected chi connectivity index (χ1v) is 5.82. The van der Waals surface area contributed by atoms with Gasteiger partial charge in [0.1, 0.15) is 5.75 Å². The molecule has 0 fully saturated rings. The summed E-state index contributed by atoms with van der Waals surface area (Å²) in [5.74, 6) is 0.433. The second-order valence-electron chi connectivity index (χ2n) is 2.80. The fourth-order valence-electron chi connectivity index (χ4n) is 0.948. The molecule has 1 rings (SSSR count). The van der Waals surface area contributed by atoms with E-state index in [0.717, 1.165) is 0 Å². The zero-order valence-electron chi connectivity index (χ0n) is 9.59. The quantitative estimate of drug-likeness (QED) is 0.394. The second kappa shape index (κ2) is 7.78. The molecule has 0 aliphatic carbocycles. The number of para-hydroxylation sites is 1. The van der Waals surface area contributed by atoms with Crippen LogP contribution in [-0.2, 0) is 10.1 Å². The molecule has 0 aliphatic rings. The predicted octanol–water partition coefficient (Wildman–Crippen LogP) is -1.54. The summed E-state index contributed by atoms with van der Waals surface area (Å²) in [6, 6.07) is 9.10. The first kappa shape index (κ1) is 15.6. The van der Waals surface area contributed by atoms with E-state index in [1.165, 1.54) is 0 Å². The number of hydrogen-bond donors (Lipinski definition) is 1. The standard InChI is InChI=1S/C9H12O4S.K.H/c10-14(11,12)8-4-7-13-9-5-2-1-3-6-9;;/h1-3,5-6H,4,7-8H2,(H,10,11,12);;/q;+1;-1. The smallest absolute Gasteiger partial charge is 1.00 e. The van der Waals surface area contributed by atoms with Gasteiger partial charge in [0.2, 0.25) is 0 Å². The molecule has 0 radical (unpaired) electrons. The van der Waals surface area contributed by atoms with E-state index in [0.29, 0.717) is 5.75 Å². The van der Waals surface area contributed by atoms with Crippen LogP contribution in [0.2, 0.25) is 0 Å². The van der Waals surface area contributed by atoms with Crippen LogP contribution in [0.4, 0.5) is 0 Å². The Labute approximate surface area is 134 Å². The van der Waals surface area contributed by atoms with Crippen molar-refractivity contribution in [2.24, 2.45) is 0 Å². The Morgan fingerprint density at radius 3 is 2.40 bits per heavy atom. The van der Waals surface area contributed by atoms with Gasteiger partial charge in [-0.2, -0.15) is 8.42 Å². The molecular formula is C9H13KO4S. The molecule has 80 valence electrons. The van der Waals surface area contributed by atoms with Crippen molar-refractivity contribution in [3.05, 3.63) is 30.3 Å². The second-order valence-corrected chi connectivity index (χ2v) is 4.37. The summed E-state index contributed by atoms with van der Waals surface area (Å²) < 4.78 is 34.3. The molecule has 0 aliphatic heterocycles. The van der Waals surface area contributed by atoms with Gasteiger partial charge in [0, 0.05) is 0 Å². The van der Waals surface area contributed by atoms with Crippen LogP contribution < -0.4 is 56.1 Å². The van der Waals surface area contributed by atoms with Gasteiger partial charge >= 0.3 is 51.4 Å². The molecule has 0 saturated heterocycles. The van der Waals surface area contributed by atoms with Crippen LogP contribution in [-0.4, -0.2) is 25.3 Å². The molecule has 0 bridgehead atoms. The van der Waals surface area contributed by atoms with E-state index in [4.69, 9.17) is 9.29 Å². The van der Waals surface area contributed by atoms with Crippen molar-refractivity contribution in [2.45, 2.75) is 6.42 Å². The number of hydrogen-bond acceptors (Lipinski definition) is 3. The fourth-order valence-corrected chi connectivity index (χ4v) is 1.43. The van der Waals surface area contributed by atoms with E-state index < -0.39 is 10.1 Å². The van der Waals surface area contributed by atoms with Crippen molar-refractivity contribution in [3.8, 4) is 5.75 Å². The van der Waals surface area contributed by atoms with E-state index >= 15 is 0 Å². The van der Waals surface area contributed by atoms with Gasteiger partial charge in [-0.3, -0.25) is 4.55 Å². The van der Waals surface area contributed by atoms with Crippen molar-refractivity contribution in [3.63, 3.8) is 0 Å². The Bertz CT molecular complexity index is 368. The van der Waals surface area contributed by atoms with E-state index in [9.17, 15) is 8.42 Å². The van der Waals surface area contributed by atoms with Crippen LogP contribution in [0.1, 0.15) is 7.85 Å². The normalized spacial score (nSPS) is 10.5. The van der Waals surface area contributed by atoms with Crippen LogP contribution in [0.25, 0.3) is 0 Å². The maximum Gasteiger partial charge on any atom is 1.00 e. The Balaban J connectivity index is 0. The van der Waals surface area contributed by atoms with Crippen molar-refractivity contribution >= 4 is 10.1 Å². The minimum Gasteiger partial charge on any atom is -1.00 e. The average molecular weight is 256 g/mol. The molecule has 4 nitrogen and oxygen atoms in total. The zero-order valence-corrected chi connectivity index (χ0v) is 12.5. The number of benzene rings is 1. The molecule has 6 heteroatoms. The van der Waals surface area contributed by atoms with Gasteiger partial charge in [0.25, 0.3) is 10.1 Å². The van der Waals surface area contributed by atoms with Gasteiger partial charge in [-0.1, -0.05) is 18.2 Å². The molecule has 0 aromatic heterocycles. The van der Waals surface area contributed by atoms with E-state index in [1.54, 1.807) is 12.1 Å². The van der Waals surface area contributed by atoms with Crippen molar-refractivity contribution in [1.82, 2.24) is 0 Å². The summed E-state index contributed by atoms with van der Waals surface area (Å²) in [6.45, 7) is 0.282. The minimum absolute atomic E-state index is 0. The molecule has 15 heavy (non-hydrogen) atoms. The predicted molar refractivity (Wildman–Crippen MR) is 54.1 cm³/mol. The summed E-state index contributed by atoms with van der Waals surface area (Å²) in [7, 11) is -3.86. The summed E-state index contributed by atoms with van der Waals surface area (Å²) in [6.07, 6.45) is 0.285. The monoisotopic (exact) mass is 256 g/mol. The van der Waals surface area contributed by atoms with Gasteiger partial charge in [-0.25, -0.2) is 0 Å². The summed E-state index contributed by atoms with van der Waals surface area (Å²) >= 11 is 0. The third-order valence-corrected chi connectivity index (χ3v) is 2.36. The summed E-state index contributed by atoms with van der Waals surface area (Å²) in [5, 5.41) is 0. The topological polar surface area (TPSA) is 63.6 Å². The van der Waals surface area contributed by atoms with E-state index in [1.807, 2.05) is 18.2 Å². The first-order valence-electron chi connectivity index (χ1n) is 4.21. The van der Waals surface area contributed by atoms with Crippen LogP contribution >= 0.6 is 0 Å². The summed E-state index contributed by atoms with van der Waals surface area (Å²) in [5.41, 5.74) is 0. The van der Waals surface area contributed by atoms with Gasteiger partial charge in [0.05, 0.1) is 12.4 Å². The molecule has 0 spiro atoms. The number of rotatable bonds is 5. The summed E-state index contributed by atoms with van der Waals surface area (Å²) in [4.78, 5) is 0. The third-order valence-electron chi connectivity index (χ3n) is 1.56. The molecule has 0 unspecified atom stereocenters. The van der Waals surface area contributed by atoms with E-state index in [-0.39, 0.29) is 71.6 Å². The van der Waals surface area contributed by atoms with Crippen LogP contribution in [0, 0.1) is 0 Å². The van der Waals surface area contributed by atoms with Gasteiger partial charge in [-0.15, -0.1) is 0 Å². The molecule has 0 amide bonds. The van der Waals surface area contributed by atoms with E-state index in [2.05, 4.69) is 0 Å². The molecule has 1 aromatic rings. The molecule has 1 aromatic carbocycles. The third kappa shape index (κ3) is 8.38. The fraction of sp³-hybridized carbons (Fsp3) is 0.333. The van der Waals surface area contributed by atoms with Crippen molar-refractivity contribution in [1.29, 1.82) is 0 Å². The van der Waals surface area contributed by atoms with Crippen molar-refractivity contribution in [2.75, 3.05) is 12.4 Å². The van der Waals surface area contributed by atoms with Crippen LogP contribution in [0.5, 0.6) is 5.75 Å². The van der Waals surface area contributed by atoms with Crippen LogP contribution in [0.3, 0.4) is 0 Å². The van der Waals surface area contributed by atoms with Gasteiger partial charge in [0.15, 0.2) is 0 Å². The molecule has 1 N–H and O–H groups in total. The van der Waals surface area contributed by atoms with Gasteiger partial charge < -0.3 is 6.16 Å². The maximum absolute atomic E-state index is 10.3. The Morgan fingerprint density at radius 1 is 1.27 bits per heavy atom. The molecule has 0 heterocycles. The zero-order chi connectivity index (χ0) is 10.4. The Kier molecular flexibility index (Phi) is 8.07. The average Bonchev–Trinajstić information content (AvgIpc) is 2.13. The molecular weight excluding hydrogens is 243 g/mol. The Morgan fingerprint density at radius 2 is 1.87 bits per heavy atom. The van der Waals surface area contributed by atoms with Gasteiger partial charge in [-0.05, 0) is 18.6 Å². The first-order chi connectivity index (χ1) is 6.58. The number of ether oxygens (including phenoxy) is 1. The molecule has 0 atom stereocenters. The van der Waals surface area contributed by atoms with Crippen LogP contribution in [0.15, 0.2) is 30.3 Å². The Hall–Kier alpha value is 0.566. The molecule has 0 saturated carbocycles.